The standard InChI is InChI=1S/C16H8Cl3NO2/c17-11-4-2-10(3-5-11)15-20-14(16(21)22-15)8-9-1-6-12(18)13(19)7-9/h1-8H/b14-8-. The van der Waals surface area contributed by atoms with Crippen molar-refractivity contribution < 1.29 is 9.53 Å². The summed E-state index contributed by atoms with van der Waals surface area (Å²) in [5.74, 6) is -0.274. The van der Waals surface area contributed by atoms with Crippen molar-refractivity contribution in [2.45, 2.75) is 0 Å². The molecule has 3 rings (SSSR count). The van der Waals surface area contributed by atoms with Gasteiger partial charge in [-0.05, 0) is 48.0 Å². The molecular weight excluding hydrogens is 345 g/mol. The van der Waals surface area contributed by atoms with E-state index < -0.39 is 5.97 Å². The first kappa shape index (κ1) is 15.1. The molecule has 0 bridgehead atoms. The summed E-state index contributed by atoms with van der Waals surface area (Å²) >= 11 is 17.6. The maximum absolute atomic E-state index is 11.9. The van der Waals surface area contributed by atoms with Crippen LogP contribution in [0.15, 0.2) is 53.2 Å². The first-order valence-corrected chi connectivity index (χ1v) is 7.40. The Morgan fingerprint density at radius 1 is 0.955 bits per heavy atom. The minimum absolute atomic E-state index is 0.198. The molecule has 1 aliphatic heterocycles. The van der Waals surface area contributed by atoms with Crippen molar-refractivity contribution in [2.75, 3.05) is 0 Å². The largest absolute Gasteiger partial charge is 0.402 e. The van der Waals surface area contributed by atoms with Gasteiger partial charge in [-0.1, -0.05) is 40.9 Å². The van der Waals surface area contributed by atoms with Crippen molar-refractivity contribution in [3.05, 3.63) is 74.4 Å². The molecule has 0 saturated carbocycles. The van der Waals surface area contributed by atoms with Crippen molar-refractivity contribution >= 4 is 52.7 Å². The molecule has 110 valence electrons. The summed E-state index contributed by atoms with van der Waals surface area (Å²) in [6.07, 6.45) is 1.59. The second-order valence-corrected chi connectivity index (χ2v) is 5.77. The highest BCUT2D eigenvalue weighted by Gasteiger charge is 2.24. The van der Waals surface area contributed by atoms with E-state index in [-0.39, 0.29) is 11.6 Å². The van der Waals surface area contributed by atoms with E-state index in [4.69, 9.17) is 39.5 Å². The summed E-state index contributed by atoms with van der Waals surface area (Å²) in [4.78, 5) is 16.1. The third kappa shape index (κ3) is 3.17. The van der Waals surface area contributed by atoms with Gasteiger partial charge >= 0.3 is 5.97 Å². The molecular formula is C16H8Cl3NO2. The Morgan fingerprint density at radius 3 is 2.36 bits per heavy atom. The van der Waals surface area contributed by atoms with Crippen LogP contribution in [-0.4, -0.2) is 11.9 Å². The summed E-state index contributed by atoms with van der Waals surface area (Å²) in [5, 5.41) is 1.45. The van der Waals surface area contributed by atoms with E-state index in [9.17, 15) is 4.79 Å². The smallest absolute Gasteiger partial charge is 0.363 e. The van der Waals surface area contributed by atoms with E-state index in [0.29, 0.717) is 26.2 Å². The number of nitrogens with zero attached hydrogens (tertiary/aromatic N) is 1. The van der Waals surface area contributed by atoms with Crippen LogP contribution in [0.3, 0.4) is 0 Å². The zero-order valence-corrected chi connectivity index (χ0v) is 13.3. The lowest BCUT2D eigenvalue weighted by Crippen LogP contribution is -2.05. The van der Waals surface area contributed by atoms with Gasteiger partial charge in [0.15, 0.2) is 5.70 Å². The Morgan fingerprint density at radius 2 is 1.68 bits per heavy atom. The Kier molecular flexibility index (Phi) is 4.21. The van der Waals surface area contributed by atoms with Gasteiger partial charge in [0.2, 0.25) is 5.90 Å². The van der Waals surface area contributed by atoms with E-state index in [0.717, 1.165) is 0 Å². The predicted octanol–water partition coefficient (Wildman–Crippen LogP) is 4.99. The number of rotatable bonds is 2. The average Bonchev–Trinajstić information content (AvgIpc) is 2.85. The van der Waals surface area contributed by atoms with Gasteiger partial charge in [-0.25, -0.2) is 9.79 Å². The van der Waals surface area contributed by atoms with Crippen LogP contribution < -0.4 is 0 Å². The monoisotopic (exact) mass is 351 g/mol. The molecule has 0 atom stereocenters. The fourth-order valence-electron chi connectivity index (χ4n) is 1.89. The number of carbonyl (C=O) groups excluding carboxylic acids is 1. The molecule has 0 aromatic heterocycles. The van der Waals surface area contributed by atoms with Crippen LogP contribution >= 0.6 is 34.8 Å². The van der Waals surface area contributed by atoms with Gasteiger partial charge in [-0.15, -0.1) is 0 Å². The molecule has 1 heterocycles. The van der Waals surface area contributed by atoms with Crippen molar-refractivity contribution in [1.82, 2.24) is 0 Å². The zero-order chi connectivity index (χ0) is 15.7. The minimum Gasteiger partial charge on any atom is -0.402 e. The number of aliphatic imine (C=N–C) groups is 1. The van der Waals surface area contributed by atoms with E-state index in [1.807, 2.05) is 0 Å². The third-order valence-electron chi connectivity index (χ3n) is 2.96. The van der Waals surface area contributed by atoms with Crippen LogP contribution in [0.25, 0.3) is 6.08 Å². The van der Waals surface area contributed by atoms with Gasteiger partial charge in [-0.3, -0.25) is 0 Å². The van der Waals surface area contributed by atoms with Gasteiger partial charge in [0, 0.05) is 10.6 Å². The number of carbonyl (C=O) groups is 1. The molecule has 22 heavy (non-hydrogen) atoms. The normalized spacial score (nSPS) is 15.9. The Hall–Kier alpha value is -1.81. The topological polar surface area (TPSA) is 38.7 Å². The van der Waals surface area contributed by atoms with Crippen LogP contribution in [0.4, 0.5) is 0 Å². The van der Waals surface area contributed by atoms with Crippen LogP contribution in [0.1, 0.15) is 11.1 Å². The lowest BCUT2D eigenvalue weighted by Gasteiger charge is -1.98. The minimum atomic E-state index is -0.518. The maximum Gasteiger partial charge on any atom is 0.363 e. The lowest BCUT2D eigenvalue weighted by atomic mass is 10.2. The maximum atomic E-state index is 11.9. The predicted molar refractivity (Wildman–Crippen MR) is 88.5 cm³/mol. The van der Waals surface area contributed by atoms with Gasteiger partial charge in [0.05, 0.1) is 10.0 Å². The molecule has 1 aliphatic rings. The van der Waals surface area contributed by atoms with Crippen molar-refractivity contribution in [3.63, 3.8) is 0 Å². The Bertz CT molecular complexity index is 811. The van der Waals surface area contributed by atoms with E-state index in [2.05, 4.69) is 4.99 Å². The highest BCUT2D eigenvalue weighted by molar-refractivity contribution is 6.42. The molecule has 0 fully saturated rings. The van der Waals surface area contributed by atoms with Crippen LogP contribution in [0.5, 0.6) is 0 Å². The van der Waals surface area contributed by atoms with Gasteiger partial charge < -0.3 is 4.74 Å². The Labute approximate surface area is 141 Å². The summed E-state index contributed by atoms with van der Waals surface area (Å²) in [7, 11) is 0. The first-order valence-electron chi connectivity index (χ1n) is 6.26. The highest BCUT2D eigenvalue weighted by Crippen LogP contribution is 2.25. The molecule has 0 spiro atoms. The van der Waals surface area contributed by atoms with Gasteiger partial charge in [-0.2, -0.15) is 0 Å². The van der Waals surface area contributed by atoms with Crippen LogP contribution in [-0.2, 0) is 9.53 Å². The fraction of sp³-hybridized carbons (Fsp3) is 0. The molecule has 0 N–H and O–H groups in total. The SMILES string of the molecule is O=C1OC(c2ccc(Cl)cc2)=N/C1=C\c1ccc(Cl)c(Cl)c1. The quantitative estimate of drug-likeness (QED) is 0.564. The van der Waals surface area contributed by atoms with Crippen molar-refractivity contribution in [2.24, 2.45) is 4.99 Å². The number of hydrogen-bond acceptors (Lipinski definition) is 3. The second-order valence-electron chi connectivity index (χ2n) is 4.52. The number of halogens is 3. The molecule has 3 nitrogen and oxygen atoms in total. The molecule has 0 aliphatic carbocycles. The second kappa shape index (κ2) is 6.13. The molecule has 0 amide bonds. The zero-order valence-electron chi connectivity index (χ0n) is 11.0. The van der Waals surface area contributed by atoms with E-state index in [1.54, 1.807) is 48.5 Å². The summed E-state index contributed by atoms with van der Waals surface area (Å²) < 4.78 is 5.17. The van der Waals surface area contributed by atoms with Crippen molar-refractivity contribution in [1.29, 1.82) is 0 Å². The molecule has 0 unspecified atom stereocenters. The number of ether oxygens (including phenoxy) is 1. The highest BCUT2D eigenvalue weighted by atomic mass is 35.5. The van der Waals surface area contributed by atoms with E-state index in [1.165, 1.54) is 0 Å². The van der Waals surface area contributed by atoms with Gasteiger partial charge in [0.1, 0.15) is 0 Å². The molecule has 6 heteroatoms. The van der Waals surface area contributed by atoms with Gasteiger partial charge in [0.25, 0.3) is 0 Å². The number of esters is 1. The van der Waals surface area contributed by atoms with Crippen LogP contribution in [0.2, 0.25) is 15.1 Å². The lowest BCUT2D eigenvalue weighted by molar-refractivity contribution is -0.129. The molecule has 0 saturated heterocycles. The van der Waals surface area contributed by atoms with Crippen LogP contribution in [0, 0.1) is 0 Å². The summed E-state index contributed by atoms with van der Waals surface area (Å²) in [6.45, 7) is 0. The fourth-order valence-corrected chi connectivity index (χ4v) is 2.32. The van der Waals surface area contributed by atoms with E-state index >= 15 is 0 Å². The van der Waals surface area contributed by atoms with Crippen molar-refractivity contribution in [3.8, 4) is 0 Å². The summed E-state index contributed by atoms with van der Waals surface area (Å²) in [5.41, 5.74) is 1.58. The molecule has 2 aromatic carbocycles. The average molecular weight is 353 g/mol. The Balaban J connectivity index is 1.93. The molecule has 2 aromatic rings. The summed E-state index contributed by atoms with van der Waals surface area (Å²) in [6, 6.07) is 11.9. The number of cyclic esters (lactones) is 1. The number of hydrogen-bond donors (Lipinski definition) is 0. The number of benzene rings is 2. The third-order valence-corrected chi connectivity index (χ3v) is 3.95. The first-order chi connectivity index (χ1) is 10.5. The molecule has 0 radical (unpaired) electrons.